The highest BCUT2D eigenvalue weighted by atomic mass is 14.9. The summed E-state index contributed by atoms with van der Waals surface area (Å²) in [7, 11) is 0. The minimum absolute atomic E-state index is 1.06. The maximum absolute atomic E-state index is 2.38. The molecule has 4 aromatic rings. The van der Waals surface area contributed by atoms with Gasteiger partial charge >= 0.3 is 0 Å². The minimum Gasteiger partial charge on any atom is -0.310 e. The second-order valence-corrected chi connectivity index (χ2v) is 4.96. The van der Waals surface area contributed by atoms with Crippen LogP contribution in [-0.2, 0) is 6.42 Å². The molecule has 19 heavy (non-hydrogen) atoms. The van der Waals surface area contributed by atoms with Crippen LogP contribution in [-0.4, -0.2) is 4.40 Å². The van der Waals surface area contributed by atoms with Crippen molar-refractivity contribution in [3.05, 3.63) is 66.2 Å². The highest BCUT2D eigenvalue weighted by Crippen LogP contribution is 2.36. The Kier molecular flexibility index (Phi) is 2.16. The van der Waals surface area contributed by atoms with Crippen molar-refractivity contribution in [1.29, 1.82) is 0 Å². The van der Waals surface area contributed by atoms with E-state index in [1.165, 1.54) is 33.2 Å². The third-order valence-corrected chi connectivity index (χ3v) is 3.96. The number of nitrogens with zero attached hydrogens (tertiary/aromatic N) is 1. The van der Waals surface area contributed by atoms with Crippen LogP contribution in [0.25, 0.3) is 27.7 Å². The first kappa shape index (κ1) is 10.6. The number of hydrogen-bond donors (Lipinski definition) is 0. The lowest BCUT2D eigenvalue weighted by molar-refractivity contribution is 1.16. The zero-order valence-electron chi connectivity index (χ0n) is 10.9. The zero-order chi connectivity index (χ0) is 12.8. The number of rotatable bonds is 2. The van der Waals surface area contributed by atoms with Crippen molar-refractivity contribution in [3.63, 3.8) is 0 Å². The van der Waals surface area contributed by atoms with Gasteiger partial charge in [0.15, 0.2) is 0 Å². The van der Waals surface area contributed by atoms with Gasteiger partial charge in [-0.25, -0.2) is 0 Å². The van der Waals surface area contributed by atoms with Crippen LogP contribution in [0.4, 0.5) is 0 Å². The molecule has 0 aliphatic heterocycles. The van der Waals surface area contributed by atoms with Crippen LogP contribution in [0.15, 0.2) is 60.7 Å². The lowest BCUT2D eigenvalue weighted by Gasteiger charge is -2.03. The molecule has 0 spiro atoms. The number of benzene rings is 1. The molecule has 3 aromatic heterocycles. The number of hydrogen-bond acceptors (Lipinski definition) is 0. The summed E-state index contributed by atoms with van der Waals surface area (Å²) in [6.07, 6.45) is 1.06. The molecule has 92 valence electrons. The number of aromatic nitrogens is 1. The summed E-state index contributed by atoms with van der Waals surface area (Å²) in [5, 5.41) is 0. The molecule has 3 heterocycles. The van der Waals surface area contributed by atoms with E-state index in [-0.39, 0.29) is 0 Å². The standard InChI is InChI=1S/C18H15N/c1-2-15-16-10-6-9-14-11-12-17(19(14)16)18(15)13-7-4-3-5-8-13/h3-12H,2H2,1H3. The molecule has 0 saturated heterocycles. The number of aryl methyl sites for hydroxylation is 1. The molecular weight excluding hydrogens is 230 g/mol. The molecule has 0 saturated carbocycles. The lowest BCUT2D eigenvalue weighted by atomic mass is 10.00. The second-order valence-electron chi connectivity index (χ2n) is 4.96. The van der Waals surface area contributed by atoms with Crippen LogP contribution < -0.4 is 0 Å². The first-order valence-electron chi connectivity index (χ1n) is 6.80. The molecule has 0 aliphatic rings. The Morgan fingerprint density at radius 2 is 1.63 bits per heavy atom. The van der Waals surface area contributed by atoms with Gasteiger partial charge in [-0.1, -0.05) is 43.3 Å². The second kappa shape index (κ2) is 3.86. The van der Waals surface area contributed by atoms with Gasteiger partial charge in [-0.05, 0) is 41.8 Å². The summed E-state index contributed by atoms with van der Waals surface area (Å²) in [5.41, 5.74) is 8.11. The molecular formula is C18H15N. The molecule has 1 aromatic carbocycles. The quantitative estimate of drug-likeness (QED) is 0.479. The fraction of sp³-hybridized carbons (Fsp3) is 0.111. The first-order chi connectivity index (χ1) is 9.40. The van der Waals surface area contributed by atoms with Crippen LogP contribution in [0.2, 0.25) is 0 Å². The fourth-order valence-corrected chi connectivity index (χ4v) is 3.16. The molecule has 4 rings (SSSR count). The largest absolute Gasteiger partial charge is 0.310 e. The highest BCUT2D eigenvalue weighted by Gasteiger charge is 2.16. The van der Waals surface area contributed by atoms with E-state index >= 15 is 0 Å². The molecule has 0 fully saturated rings. The summed E-state index contributed by atoms with van der Waals surface area (Å²) in [4.78, 5) is 0. The maximum Gasteiger partial charge on any atom is 0.0544 e. The Labute approximate surface area is 112 Å². The van der Waals surface area contributed by atoms with Crippen LogP contribution in [0, 0.1) is 0 Å². The molecule has 0 aliphatic carbocycles. The number of pyridine rings is 1. The van der Waals surface area contributed by atoms with Gasteiger partial charge in [-0.15, -0.1) is 0 Å². The Morgan fingerprint density at radius 1 is 0.789 bits per heavy atom. The summed E-state index contributed by atoms with van der Waals surface area (Å²) in [6.45, 7) is 2.24. The predicted octanol–water partition coefficient (Wildman–Crippen LogP) is 4.76. The van der Waals surface area contributed by atoms with E-state index in [9.17, 15) is 0 Å². The van der Waals surface area contributed by atoms with E-state index in [1.54, 1.807) is 0 Å². The normalized spacial score (nSPS) is 11.6. The van der Waals surface area contributed by atoms with Crippen molar-refractivity contribution in [1.82, 2.24) is 4.40 Å². The van der Waals surface area contributed by atoms with Crippen molar-refractivity contribution < 1.29 is 0 Å². The zero-order valence-corrected chi connectivity index (χ0v) is 10.9. The highest BCUT2D eigenvalue weighted by molar-refractivity contribution is 5.94. The molecule has 0 unspecified atom stereocenters. The monoisotopic (exact) mass is 245 g/mol. The smallest absolute Gasteiger partial charge is 0.0544 e. The Morgan fingerprint density at radius 3 is 2.42 bits per heavy atom. The SMILES string of the molecule is CCc1c(-c2ccccc2)c2ccc3cccc1n32. The van der Waals surface area contributed by atoms with Gasteiger partial charge in [0, 0.05) is 11.1 Å². The van der Waals surface area contributed by atoms with E-state index in [4.69, 9.17) is 0 Å². The third kappa shape index (κ3) is 1.36. The Hall–Kier alpha value is -2.28. The van der Waals surface area contributed by atoms with Crippen molar-refractivity contribution >= 4 is 16.6 Å². The molecule has 1 heteroatoms. The molecule has 0 bridgehead atoms. The van der Waals surface area contributed by atoms with Gasteiger partial charge in [-0.2, -0.15) is 0 Å². The van der Waals surface area contributed by atoms with Gasteiger partial charge in [0.1, 0.15) is 0 Å². The van der Waals surface area contributed by atoms with Crippen molar-refractivity contribution in [2.24, 2.45) is 0 Å². The summed E-state index contributed by atoms with van der Waals surface area (Å²) in [6, 6.07) is 21.7. The molecule has 0 atom stereocenters. The Balaban J connectivity index is 2.20. The first-order valence-corrected chi connectivity index (χ1v) is 6.80. The van der Waals surface area contributed by atoms with Gasteiger partial charge in [0.2, 0.25) is 0 Å². The van der Waals surface area contributed by atoms with Gasteiger partial charge in [-0.3, -0.25) is 0 Å². The van der Waals surface area contributed by atoms with Crippen molar-refractivity contribution in [2.75, 3.05) is 0 Å². The fourth-order valence-electron chi connectivity index (χ4n) is 3.16. The van der Waals surface area contributed by atoms with E-state index < -0.39 is 0 Å². The Bertz CT molecular complexity index is 840. The average Bonchev–Trinajstić information content (AvgIpc) is 3.03. The van der Waals surface area contributed by atoms with Crippen LogP contribution in [0.3, 0.4) is 0 Å². The molecule has 0 radical (unpaired) electrons. The van der Waals surface area contributed by atoms with E-state index in [0.29, 0.717) is 0 Å². The van der Waals surface area contributed by atoms with Gasteiger partial charge in [0.25, 0.3) is 0 Å². The molecule has 1 nitrogen and oxygen atoms in total. The third-order valence-electron chi connectivity index (χ3n) is 3.96. The van der Waals surface area contributed by atoms with Crippen LogP contribution >= 0.6 is 0 Å². The predicted molar refractivity (Wildman–Crippen MR) is 80.9 cm³/mol. The summed E-state index contributed by atoms with van der Waals surface area (Å²) < 4.78 is 2.38. The summed E-state index contributed by atoms with van der Waals surface area (Å²) >= 11 is 0. The van der Waals surface area contributed by atoms with Gasteiger partial charge < -0.3 is 4.40 Å². The molecule has 0 N–H and O–H groups in total. The minimum atomic E-state index is 1.06. The van der Waals surface area contributed by atoms with Crippen LogP contribution in [0.1, 0.15) is 12.5 Å². The molecule has 0 amide bonds. The van der Waals surface area contributed by atoms with Crippen molar-refractivity contribution in [2.45, 2.75) is 13.3 Å². The van der Waals surface area contributed by atoms with Crippen LogP contribution in [0.5, 0.6) is 0 Å². The lowest BCUT2D eigenvalue weighted by Crippen LogP contribution is -1.84. The van der Waals surface area contributed by atoms with Gasteiger partial charge in [0.05, 0.1) is 11.0 Å². The maximum atomic E-state index is 2.38. The van der Waals surface area contributed by atoms with E-state index in [1.807, 2.05) is 0 Å². The summed E-state index contributed by atoms with van der Waals surface area (Å²) in [5.74, 6) is 0. The topological polar surface area (TPSA) is 4.41 Å². The van der Waals surface area contributed by atoms with E-state index in [0.717, 1.165) is 6.42 Å². The van der Waals surface area contributed by atoms with Crippen molar-refractivity contribution in [3.8, 4) is 11.1 Å². The van der Waals surface area contributed by atoms with E-state index in [2.05, 4.69) is 72.0 Å². The average molecular weight is 245 g/mol.